The molecule has 30 heavy (non-hydrogen) atoms. The van der Waals surface area contributed by atoms with Crippen LogP contribution in [0.25, 0.3) is 0 Å². The normalized spacial score (nSPS) is 17.7. The summed E-state index contributed by atoms with van der Waals surface area (Å²) in [5.41, 5.74) is 1.60. The van der Waals surface area contributed by atoms with Crippen molar-refractivity contribution in [1.82, 2.24) is 10.2 Å². The lowest BCUT2D eigenvalue weighted by Crippen LogP contribution is -3.14. The van der Waals surface area contributed by atoms with Gasteiger partial charge in [-0.05, 0) is 17.7 Å². The molecule has 0 aliphatic carbocycles. The summed E-state index contributed by atoms with van der Waals surface area (Å²) in [5, 5.41) is 2.95. The van der Waals surface area contributed by atoms with E-state index < -0.39 is 17.9 Å². The van der Waals surface area contributed by atoms with E-state index in [1.165, 1.54) is 4.90 Å². The lowest BCUT2D eigenvalue weighted by molar-refractivity contribution is -0.906. The van der Waals surface area contributed by atoms with E-state index in [-0.39, 0.29) is 12.3 Å². The molecular weight excluding hydrogens is 382 g/mol. The molecule has 7 heteroatoms. The van der Waals surface area contributed by atoms with Gasteiger partial charge in [-0.2, -0.15) is 0 Å². The molecule has 2 heterocycles. The van der Waals surface area contributed by atoms with Gasteiger partial charge < -0.3 is 15.0 Å². The summed E-state index contributed by atoms with van der Waals surface area (Å²) in [7, 11) is 0. The van der Waals surface area contributed by atoms with Crippen LogP contribution in [0.5, 0.6) is 0 Å². The van der Waals surface area contributed by atoms with Crippen molar-refractivity contribution in [3.8, 4) is 0 Å². The molecule has 1 fully saturated rings. The molecule has 4 rings (SSSR count). The minimum Gasteiger partial charge on any atom is -0.370 e. The maximum Gasteiger partial charge on any atom is 0.262 e. The Morgan fingerprint density at radius 3 is 2.20 bits per heavy atom. The number of nitrogens with one attached hydrogen (secondary N) is 2. The predicted molar refractivity (Wildman–Crippen MR) is 110 cm³/mol. The Morgan fingerprint density at radius 2 is 1.57 bits per heavy atom. The monoisotopic (exact) mass is 408 g/mol. The van der Waals surface area contributed by atoms with Crippen LogP contribution in [0.1, 0.15) is 26.3 Å². The van der Waals surface area contributed by atoms with Gasteiger partial charge >= 0.3 is 0 Å². The van der Waals surface area contributed by atoms with Crippen molar-refractivity contribution in [1.29, 1.82) is 0 Å². The summed E-state index contributed by atoms with van der Waals surface area (Å²) in [5.74, 6) is -1.13. The van der Waals surface area contributed by atoms with Crippen LogP contribution in [0.15, 0.2) is 54.6 Å². The van der Waals surface area contributed by atoms with E-state index in [0.717, 1.165) is 43.3 Å². The number of rotatable bonds is 7. The first-order valence-corrected chi connectivity index (χ1v) is 10.3. The van der Waals surface area contributed by atoms with Gasteiger partial charge in [-0.3, -0.25) is 19.3 Å². The Kier molecular flexibility index (Phi) is 6.21. The summed E-state index contributed by atoms with van der Waals surface area (Å²) in [6.07, 6.45) is 0.280. The Labute approximate surface area is 175 Å². The van der Waals surface area contributed by atoms with Crippen molar-refractivity contribution >= 4 is 17.7 Å². The van der Waals surface area contributed by atoms with Crippen molar-refractivity contribution in [2.24, 2.45) is 0 Å². The zero-order chi connectivity index (χ0) is 20.9. The van der Waals surface area contributed by atoms with Gasteiger partial charge in [-0.1, -0.05) is 42.5 Å². The molecule has 0 unspecified atom stereocenters. The molecule has 2 aromatic carbocycles. The zero-order valence-corrected chi connectivity index (χ0v) is 16.8. The number of benzene rings is 2. The van der Waals surface area contributed by atoms with Gasteiger partial charge in [0.1, 0.15) is 19.1 Å². The highest BCUT2D eigenvalue weighted by molar-refractivity contribution is 6.22. The number of hydrogen-bond donors (Lipinski definition) is 2. The van der Waals surface area contributed by atoms with E-state index in [4.69, 9.17) is 4.74 Å². The van der Waals surface area contributed by atoms with E-state index in [1.807, 2.05) is 30.3 Å². The molecule has 3 amide bonds. The molecule has 2 aromatic rings. The summed E-state index contributed by atoms with van der Waals surface area (Å²) in [4.78, 5) is 41.6. The first-order valence-electron chi connectivity index (χ1n) is 10.3. The van der Waals surface area contributed by atoms with Gasteiger partial charge in [0, 0.05) is 6.42 Å². The standard InChI is InChI=1S/C23H25N3O4/c27-21(24-10-11-25-12-14-30-15-13-25)20(16-17-6-2-1-3-7-17)26-22(28)18-8-4-5-9-19(18)23(26)29/h1-9,20H,10-16H2,(H,24,27)/p+1/t20-/m0/s1. The van der Waals surface area contributed by atoms with Crippen molar-refractivity contribution in [2.75, 3.05) is 39.4 Å². The number of morpholine rings is 1. The van der Waals surface area contributed by atoms with Crippen LogP contribution >= 0.6 is 0 Å². The van der Waals surface area contributed by atoms with Crippen LogP contribution < -0.4 is 10.2 Å². The second kappa shape index (κ2) is 9.19. The molecule has 0 radical (unpaired) electrons. The van der Waals surface area contributed by atoms with Crippen LogP contribution in [0.3, 0.4) is 0 Å². The minimum atomic E-state index is -0.889. The summed E-state index contributed by atoms with van der Waals surface area (Å²) in [6.45, 7) is 4.57. The van der Waals surface area contributed by atoms with Crippen LogP contribution in [0, 0.1) is 0 Å². The number of ether oxygens (including phenoxy) is 1. The average Bonchev–Trinajstić information content (AvgIpc) is 3.04. The molecule has 0 saturated carbocycles. The Balaban J connectivity index is 1.50. The largest absolute Gasteiger partial charge is 0.370 e. The minimum absolute atomic E-state index is 0.280. The Morgan fingerprint density at radius 1 is 0.967 bits per heavy atom. The van der Waals surface area contributed by atoms with E-state index >= 15 is 0 Å². The van der Waals surface area contributed by atoms with Crippen LogP contribution in [0.4, 0.5) is 0 Å². The Hall–Kier alpha value is -3.03. The molecule has 2 aliphatic heterocycles. The predicted octanol–water partition coefficient (Wildman–Crippen LogP) is -0.0748. The van der Waals surface area contributed by atoms with Crippen LogP contribution in [0.2, 0.25) is 0 Å². The smallest absolute Gasteiger partial charge is 0.262 e. The molecular formula is C23H26N3O4+. The molecule has 2 aliphatic rings. The number of carbonyl (C=O) groups excluding carboxylic acids is 3. The zero-order valence-electron chi connectivity index (χ0n) is 16.8. The first kappa shape index (κ1) is 20.3. The third kappa shape index (κ3) is 4.27. The van der Waals surface area contributed by atoms with E-state index in [1.54, 1.807) is 24.3 Å². The number of hydrogen-bond acceptors (Lipinski definition) is 4. The van der Waals surface area contributed by atoms with Crippen molar-refractivity contribution in [3.05, 3.63) is 71.3 Å². The SMILES string of the molecule is O=C(NCC[NH+]1CCOCC1)[C@H](Cc1ccccc1)N1C(=O)c2ccccc2C1=O. The molecule has 1 saturated heterocycles. The molecule has 1 atom stereocenters. The van der Waals surface area contributed by atoms with Crippen molar-refractivity contribution in [3.63, 3.8) is 0 Å². The van der Waals surface area contributed by atoms with Gasteiger partial charge in [0.2, 0.25) is 5.91 Å². The molecule has 156 valence electrons. The van der Waals surface area contributed by atoms with Crippen molar-refractivity contribution in [2.45, 2.75) is 12.5 Å². The highest BCUT2D eigenvalue weighted by Gasteiger charge is 2.42. The Bertz CT molecular complexity index is 890. The molecule has 2 N–H and O–H groups in total. The number of amides is 3. The fraction of sp³-hybridized carbons (Fsp3) is 0.348. The van der Waals surface area contributed by atoms with Crippen molar-refractivity contribution < 1.29 is 24.0 Å². The number of quaternary nitrogens is 1. The highest BCUT2D eigenvalue weighted by Crippen LogP contribution is 2.26. The van der Waals surface area contributed by atoms with E-state index in [0.29, 0.717) is 17.7 Å². The lowest BCUT2D eigenvalue weighted by atomic mass is 10.0. The number of imide groups is 1. The van der Waals surface area contributed by atoms with Gasteiger partial charge in [-0.15, -0.1) is 0 Å². The third-order valence-corrected chi connectivity index (χ3v) is 5.69. The van der Waals surface area contributed by atoms with E-state index in [2.05, 4.69) is 5.32 Å². The number of carbonyl (C=O) groups is 3. The van der Waals surface area contributed by atoms with Gasteiger partial charge in [0.05, 0.1) is 37.4 Å². The molecule has 7 nitrogen and oxygen atoms in total. The second-order valence-corrected chi connectivity index (χ2v) is 7.63. The van der Waals surface area contributed by atoms with E-state index in [9.17, 15) is 14.4 Å². The molecule has 0 aromatic heterocycles. The van der Waals surface area contributed by atoms with Gasteiger partial charge in [0.15, 0.2) is 0 Å². The highest BCUT2D eigenvalue weighted by atomic mass is 16.5. The average molecular weight is 408 g/mol. The van der Waals surface area contributed by atoms with Gasteiger partial charge in [0.25, 0.3) is 11.8 Å². The topological polar surface area (TPSA) is 80.2 Å². The maximum atomic E-state index is 13.1. The fourth-order valence-electron chi connectivity index (χ4n) is 4.02. The molecule has 0 bridgehead atoms. The van der Waals surface area contributed by atoms with Crippen LogP contribution in [-0.4, -0.2) is 68.1 Å². The number of fused-ring (bicyclic) bond motifs is 1. The van der Waals surface area contributed by atoms with Crippen LogP contribution in [-0.2, 0) is 16.0 Å². The third-order valence-electron chi connectivity index (χ3n) is 5.69. The fourth-order valence-corrected chi connectivity index (χ4v) is 4.02. The van der Waals surface area contributed by atoms with Gasteiger partial charge in [-0.25, -0.2) is 0 Å². The summed E-state index contributed by atoms with van der Waals surface area (Å²) < 4.78 is 5.36. The second-order valence-electron chi connectivity index (χ2n) is 7.63. The lowest BCUT2D eigenvalue weighted by Gasteiger charge is -2.27. The summed E-state index contributed by atoms with van der Waals surface area (Å²) in [6, 6.07) is 15.3. The quantitative estimate of drug-likeness (QED) is 0.629. The molecule has 0 spiro atoms. The number of nitrogens with zero attached hydrogens (tertiary/aromatic N) is 1. The maximum absolute atomic E-state index is 13.1. The first-order chi connectivity index (χ1) is 14.6. The summed E-state index contributed by atoms with van der Waals surface area (Å²) >= 11 is 0.